The zero-order valence-corrected chi connectivity index (χ0v) is 16.4. The number of nitrogens with one attached hydrogen (secondary N) is 3. The van der Waals surface area contributed by atoms with Crippen LogP contribution in [0, 0.1) is 0 Å². The van der Waals surface area contributed by atoms with Crippen LogP contribution in [-0.2, 0) is 22.4 Å². The Kier molecular flexibility index (Phi) is 5.36. The highest BCUT2D eigenvalue weighted by atomic mass is 16.3. The monoisotopic (exact) mass is 391 g/mol. The number of amides is 2. The van der Waals surface area contributed by atoms with E-state index in [0.717, 1.165) is 34.1 Å². The number of H-pyrrole nitrogens is 1. The van der Waals surface area contributed by atoms with Crippen LogP contribution >= 0.6 is 0 Å². The maximum Gasteiger partial charge on any atom is 0.245 e. The van der Waals surface area contributed by atoms with E-state index >= 15 is 0 Å². The summed E-state index contributed by atoms with van der Waals surface area (Å²) in [6.07, 6.45) is 0.806. The first-order valence-corrected chi connectivity index (χ1v) is 10.0. The van der Waals surface area contributed by atoms with E-state index in [1.165, 1.54) is 5.56 Å². The number of β-amino-alcohol motifs (C(OH)–C–C–N with tert-alkyl or cyclic N) is 1. The predicted molar refractivity (Wildman–Crippen MR) is 112 cm³/mol. The van der Waals surface area contributed by atoms with Crippen LogP contribution in [0.3, 0.4) is 0 Å². The first-order chi connectivity index (χ1) is 14.1. The highest BCUT2D eigenvalue weighted by Gasteiger charge is 2.34. The molecule has 0 spiro atoms. The maximum atomic E-state index is 12.5. The lowest BCUT2D eigenvalue weighted by molar-refractivity contribution is -0.128. The number of para-hydroxylation sites is 1. The number of hydrogen-bond acceptors (Lipinski definition) is 3. The highest BCUT2D eigenvalue weighted by Crippen LogP contribution is 2.33. The first-order valence-electron chi connectivity index (χ1n) is 10.0. The molecule has 0 unspecified atom stereocenters. The van der Waals surface area contributed by atoms with Crippen molar-refractivity contribution in [1.29, 1.82) is 0 Å². The average Bonchev–Trinajstić information content (AvgIpc) is 3.27. The van der Waals surface area contributed by atoms with E-state index in [1.54, 1.807) is 0 Å². The van der Waals surface area contributed by atoms with Crippen LogP contribution in [-0.4, -0.2) is 40.6 Å². The van der Waals surface area contributed by atoms with Gasteiger partial charge in [0.05, 0.1) is 0 Å². The fourth-order valence-electron chi connectivity index (χ4n) is 3.99. The summed E-state index contributed by atoms with van der Waals surface area (Å²) in [4.78, 5) is 27.8. The quantitative estimate of drug-likeness (QED) is 0.519. The normalized spacial score (nSPS) is 18.8. The van der Waals surface area contributed by atoms with Gasteiger partial charge in [0.15, 0.2) is 0 Å². The van der Waals surface area contributed by atoms with Crippen LogP contribution in [0.25, 0.3) is 22.2 Å². The van der Waals surface area contributed by atoms with Crippen molar-refractivity contribution < 1.29 is 14.7 Å². The third kappa shape index (κ3) is 3.76. The third-order valence-electron chi connectivity index (χ3n) is 5.54. The van der Waals surface area contributed by atoms with Gasteiger partial charge in [-0.2, -0.15) is 0 Å². The molecule has 2 amide bonds. The van der Waals surface area contributed by atoms with Crippen molar-refractivity contribution in [3.05, 3.63) is 59.7 Å². The van der Waals surface area contributed by atoms with E-state index in [4.69, 9.17) is 0 Å². The molecule has 2 heterocycles. The predicted octanol–water partition coefficient (Wildman–Crippen LogP) is 2.31. The van der Waals surface area contributed by atoms with Crippen LogP contribution < -0.4 is 10.6 Å². The van der Waals surface area contributed by atoms with E-state index < -0.39 is 12.1 Å². The second kappa shape index (κ2) is 8.09. The molecule has 1 fully saturated rings. The van der Waals surface area contributed by atoms with Gasteiger partial charge in [0, 0.05) is 29.6 Å². The molecule has 3 aromatic rings. The van der Waals surface area contributed by atoms with E-state index in [1.807, 2.05) is 24.3 Å². The number of aromatic nitrogens is 1. The number of aliphatic hydroxyl groups is 1. The fourth-order valence-corrected chi connectivity index (χ4v) is 3.99. The molecule has 1 aliphatic heterocycles. The van der Waals surface area contributed by atoms with E-state index in [-0.39, 0.29) is 24.8 Å². The summed E-state index contributed by atoms with van der Waals surface area (Å²) >= 11 is 0. The molecule has 29 heavy (non-hydrogen) atoms. The largest absolute Gasteiger partial charge is 0.389 e. The molecule has 0 radical (unpaired) electrons. The third-order valence-corrected chi connectivity index (χ3v) is 5.54. The molecule has 0 aliphatic carbocycles. The smallest absolute Gasteiger partial charge is 0.245 e. The van der Waals surface area contributed by atoms with Crippen molar-refractivity contribution >= 4 is 22.7 Å². The number of fused-ring (bicyclic) bond motifs is 1. The Morgan fingerprint density at radius 2 is 1.97 bits per heavy atom. The minimum Gasteiger partial charge on any atom is -0.389 e. The van der Waals surface area contributed by atoms with Crippen molar-refractivity contribution in [2.45, 2.75) is 38.3 Å². The molecule has 6 heteroatoms. The molecule has 0 saturated carbocycles. The molecule has 2 aromatic carbocycles. The Morgan fingerprint density at radius 3 is 2.66 bits per heavy atom. The lowest BCUT2D eigenvalue weighted by Gasteiger charge is -2.13. The number of hydrogen-bond donors (Lipinski definition) is 4. The molecule has 150 valence electrons. The van der Waals surface area contributed by atoms with Gasteiger partial charge in [-0.3, -0.25) is 9.59 Å². The van der Waals surface area contributed by atoms with Gasteiger partial charge in [-0.25, -0.2) is 0 Å². The summed E-state index contributed by atoms with van der Waals surface area (Å²) in [6, 6.07) is 15.5. The van der Waals surface area contributed by atoms with Gasteiger partial charge in [-0.05, 0) is 29.5 Å². The zero-order valence-electron chi connectivity index (χ0n) is 16.4. The number of aryl methyl sites for hydroxylation is 2. The van der Waals surface area contributed by atoms with Crippen LogP contribution in [0.15, 0.2) is 48.5 Å². The molecule has 2 atom stereocenters. The van der Waals surface area contributed by atoms with Crippen molar-refractivity contribution in [2.75, 3.05) is 6.54 Å². The number of carbonyl (C=O) groups excluding carboxylic acids is 2. The SMILES string of the molecule is CCc1cccc2c(CCC(=O)N[C@@H]3C(=O)NC[C@H]3O)c(-c3ccccc3)[nH]c12. The standard InChI is InChI=1S/C23H25N3O3/c1-2-14-9-6-10-16-17(21(26-20(14)16)15-7-4-3-5-8-15)11-12-19(28)25-22-18(27)13-24-23(22)29/h3-10,18,22,26-27H,2,11-13H2,1H3,(H,24,29)(H,25,28)/t18-,22+/m1/s1. The van der Waals surface area contributed by atoms with Gasteiger partial charge in [-0.15, -0.1) is 0 Å². The molecule has 0 bridgehead atoms. The number of rotatable bonds is 6. The van der Waals surface area contributed by atoms with Gasteiger partial charge in [0.2, 0.25) is 11.8 Å². The van der Waals surface area contributed by atoms with Crippen molar-refractivity contribution in [1.82, 2.24) is 15.6 Å². The van der Waals surface area contributed by atoms with Crippen molar-refractivity contribution in [3.63, 3.8) is 0 Å². The van der Waals surface area contributed by atoms with E-state index in [2.05, 4.69) is 46.8 Å². The Morgan fingerprint density at radius 1 is 1.17 bits per heavy atom. The maximum absolute atomic E-state index is 12.5. The minimum atomic E-state index is -0.883. The minimum absolute atomic E-state index is 0.171. The van der Waals surface area contributed by atoms with Crippen molar-refractivity contribution in [3.8, 4) is 11.3 Å². The Bertz CT molecular complexity index is 1040. The number of benzene rings is 2. The lowest BCUT2D eigenvalue weighted by Crippen LogP contribution is -2.45. The second-order valence-electron chi connectivity index (χ2n) is 7.40. The summed E-state index contributed by atoms with van der Waals surface area (Å²) in [5.41, 5.74) is 5.53. The molecule has 1 saturated heterocycles. The van der Waals surface area contributed by atoms with E-state index in [9.17, 15) is 14.7 Å². The van der Waals surface area contributed by atoms with Gasteiger partial charge >= 0.3 is 0 Å². The second-order valence-corrected chi connectivity index (χ2v) is 7.40. The molecule has 4 N–H and O–H groups in total. The summed E-state index contributed by atoms with van der Waals surface area (Å²) in [5.74, 6) is -0.582. The van der Waals surface area contributed by atoms with Crippen molar-refractivity contribution in [2.24, 2.45) is 0 Å². The Labute approximate surface area is 169 Å². The fraction of sp³-hybridized carbons (Fsp3) is 0.304. The van der Waals surface area contributed by atoms with Gasteiger partial charge in [0.25, 0.3) is 0 Å². The topological polar surface area (TPSA) is 94.2 Å². The number of aliphatic hydroxyl groups excluding tert-OH is 1. The Hall–Kier alpha value is -3.12. The van der Waals surface area contributed by atoms with Crippen LogP contribution in [0.5, 0.6) is 0 Å². The number of aromatic amines is 1. The van der Waals surface area contributed by atoms with Gasteiger partial charge < -0.3 is 20.7 Å². The molecular formula is C23H25N3O3. The van der Waals surface area contributed by atoms with E-state index in [0.29, 0.717) is 6.42 Å². The van der Waals surface area contributed by atoms with Crippen LogP contribution in [0.4, 0.5) is 0 Å². The summed E-state index contributed by atoms with van der Waals surface area (Å²) in [7, 11) is 0. The van der Waals surface area contributed by atoms with Gasteiger partial charge in [-0.1, -0.05) is 55.5 Å². The van der Waals surface area contributed by atoms with Crippen LogP contribution in [0.2, 0.25) is 0 Å². The highest BCUT2D eigenvalue weighted by molar-refractivity contribution is 5.94. The zero-order chi connectivity index (χ0) is 20.4. The summed E-state index contributed by atoms with van der Waals surface area (Å²) < 4.78 is 0. The molecule has 6 nitrogen and oxygen atoms in total. The van der Waals surface area contributed by atoms with Gasteiger partial charge in [0.1, 0.15) is 12.1 Å². The summed E-state index contributed by atoms with van der Waals surface area (Å²) in [6.45, 7) is 2.30. The molecule has 4 rings (SSSR count). The Balaban J connectivity index is 1.62. The number of carbonyl (C=O) groups is 2. The molecule has 1 aliphatic rings. The molecule has 1 aromatic heterocycles. The van der Waals surface area contributed by atoms with Crippen LogP contribution in [0.1, 0.15) is 24.5 Å². The average molecular weight is 391 g/mol. The first kappa shape index (κ1) is 19.2. The molecular weight excluding hydrogens is 366 g/mol. The lowest BCUT2D eigenvalue weighted by atomic mass is 9.99. The summed E-state index contributed by atoms with van der Waals surface area (Å²) in [5, 5.41) is 16.2.